The lowest BCUT2D eigenvalue weighted by atomic mass is 10.2. The van der Waals surface area contributed by atoms with Gasteiger partial charge in [-0.3, -0.25) is 0 Å². The second-order valence-corrected chi connectivity index (χ2v) is 3.68. The van der Waals surface area contributed by atoms with E-state index >= 15 is 0 Å². The number of aliphatic hydroxyl groups excluding tert-OH is 1. The smallest absolute Gasteiger partial charge is 0.208 e. The van der Waals surface area contributed by atoms with Crippen LogP contribution in [0.4, 0.5) is 0 Å². The average molecular weight is 212 g/mol. The van der Waals surface area contributed by atoms with Gasteiger partial charge in [0, 0.05) is 6.61 Å². The molecule has 0 saturated carbocycles. The van der Waals surface area contributed by atoms with E-state index in [1.807, 2.05) is 6.92 Å². The van der Waals surface area contributed by atoms with E-state index in [-0.39, 0.29) is 0 Å². The van der Waals surface area contributed by atoms with Crippen LogP contribution in [0.15, 0.2) is 10.6 Å². The molecule has 0 unspecified atom stereocenters. The Morgan fingerprint density at radius 1 is 1.33 bits per heavy atom. The van der Waals surface area contributed by atoms with E-state index in [4.69, 9.17) is 9.52 Å². The molecule has 1 heterocycles. The fourth-order valence-electron chi connectivity index (χ4n) is 1.39. The summed E-state index contributed by atoms with van der Waals surface area (Å²) in [5.41, 5.74) is 0. The molecule has 86 valence electrons. The van der Waals surface area contributed by atoms with Crippen LogP contribution >= 0.6 is 0 Å². The number of aliphatic hydroxyl groups is 1. The highest BCUT2D eigenvalue weighted by molar-refractivity contribution is 4.90. The fourth-order valence-corrected chi connectivity index (χ4v) is 1.39. The monoisotopic (exact) mass is 212 g/mol. The molecule has 2 N–H and O–H groups in total. The largest absolute Gasteiger partial charge is 0.445 e. The minimum atomic E-state index is 0.309. The standard InChI is InChI=1S/C11H20N2O2/c1-10-8-13-11(15-10)9-12-6-4-2-3-5-7-14/h8,12,14H,2-7,9H2,1H3. The molecule has 0 aliphatic heterocycles. The van der Waals surface area contributed by atoms with E-state index in [1.165, 1.54) is 0 Å². The van der Waals surface area contributed by atoms with Crippen molar-refractivity contribution in [3.8, 4) is 0 Å². The molecule has 0 fully saturated rings. The molecule has 0 saturated heterocycles. The topological polar surface area (TPSA) is 58.3 Å². The van der Waals surface area contributed by atoms with Crippen LogP contribution in [0.25, 0.3) is 0 Å². The Labute approximate surface area is 90.7 Å². The Morgan fingerprint density at radius 3 is 2.80 bits per heavy atom. The van der Waals surface area contributed by atoms with Gasteiger partial charge >= 0.3 is 0 Å². The van der Waals surface area contributed by atoms with Crippen molar-refractivity contribution in [2.45, 2.75) is 39.2 Å². The molecule has 0 aliphatic rings. The van der Waals surface area contributed by atoms with Gasteiger partial charge in [0.1, 0.15) is 5.76 Å². The van der Waals surface area contributed by atoms with E-state index in [2.05, 4.69) is 10.3 Å². The molecule has 15 heavy (non-hydrogen) atoms. The fraction of sp³-hybridized carbons (Fsp3) is 0.727. The summed E-state index contributed by atoms with van der Waals surface area (Å²) >= 11 is 0. The lowest BCUT2D eigenvalue weighted by molar-refractivity contribution is 0.282. The summed E-state index contributed by atoms with van der Waals surface area (Å²) in [5, 5.41) is 11.9. The van der Waals surface area contributed by atoms with Crippen LogP contribution in [-0.4, -0.2) is 23.2 Å². The van der Waals surface area contributed by atoms with Crippen LogP contribution in [0.3, 0.4) is 0 Å². The summed E-state index contributed by atoms with van der Waals surface area (Å²) in [5.74, 6) is 1.61. The maximum absolute atomic E-state index is 8.58. The number of nitrogens with one attached hydrogen (secondary N) is 1. The minimum Gasteiger partial charge on any atom is -0.445 e. The molecule has 0 radical (unpaired) electrons. The van der Waals surface area contributed by atoms with Crippen LogP contribution in [0.5, 0.6) is 0 Å². The van der Waals surface area contributed by atoms with Crippen LogP contribution < -0.4 is 5.32 Å². The average Bonchev–Trinajstić information content (AvgIpc) is 2.63. The van der Waals surface area contributed by atoms with Crippen LogP contribution in [0.2, 0.25) is 0 Å². The SMILES string of the molecule is Cc1cnc(CNCCCCCCO)o1. The van der Waals surface area contributed by atoms with Crippen LogP contribution in [0.1, 0.15) is 37.3 Å². The van der Waals surface area contributed by atoms with E-state index in [0.29, 0.717) is 13.2 Å². The molecule has 0 aromatic carbocycles. The molecular weight excluding hydrogens is 192 g/mol. The summed E-state index contributed by atoms with van der Waals surface area (Å²) in [6.07, 6.45) is 6.06. The predicted molar refractivity (Wildman–Crippen MR) is 58.5 cm³/mol. The number of aromatic nitrogens is 1. The molecule has 0 atom stereocenters. The zero-order valence-corrected chi connectivity index (χ0v) is 9.33. The normalized spacial score (nSPS) is 10.8. The van der Waals surface area contributed by atoms with Crippen molar-refractivity contribution in [3.63, 3.8) is 0 Å². The number of unbranched alkanes of at least 4 members (excludes halogenated alkanes) is 3. The van der Waals surface area contributed by atoms with Crippen LogP contribution in [-0.2, 0) is 6.54 Å². The Kier molecular flexibility index (Phi) is 6.04. The predicted octanol–water partition coefficient (Wildman–Crippen LogP) is 1.63. The van der Waals surface area contributed by atoms with Gasteiger partial charge in [-0.25, -0.2) is 4.98 Å². The maximum atomic E-state index is 8.58. The van der Waals surface area contributed by atoms with Gasteiger partial charge in [-0.15, -0.1) is 0 Å². The summed E-state index contributed by atoms with van der Waals surface area (Å²) in [7, 11) is 0. The summed E-state index contributed by atoms with van der Waals surface area (Å²) < 4.78 is 5.32. The number of rotatable bonds is 8. The van der Waals surface area contributed by atoms with Gasteiger partial charge in [-0.1, -0.05) is 12.8 Å². The Hall–Kier alpha value is -0.870. The highest BCUT2D eigenvalue weighted by Gasteiger charge is 1.98. The van der Waals surface area contributed by atoms with Crippen molar-refractivity contribution >= 4 is 0 Å². The number of aryl methyl sites for hydroxylation is 1. The zero-order valence-electron chi connectivity index (χ0n) is 9.33. The van der Waals surface area contributed by atoms with E-state index < -0.39 is 0 Å². The third-order valence-electron chi connectivity index (χ3n) is 2.21. The first-order chi connectivity index (χ1) is 7.33. The van der Waals surface area contributed by atoms with Gasteiger partial charge in [0.15, 0.2) is 0 Å². The molecular formula is C11H20N2O2. The van der Waals surface area contributed by atoms with Crippen LogP contribution in [0, 0.1) is 6.92 Å². The molecule has 0 bridgehead atoms. The summed E-state index contributed by atoms with van der Waals surface area (Å²) in [4.78, 5) is 4.10. The van der Waals surface area contributed by atoms with E-state index in [1.54, 1.807) is 6.20 Å². The van der Waals surface area contributed by atoms with Gasteiger partial charge in [0.2, 0.25) is 5.89 Å². The quantitative estimate of drug-likeness (QED) is 0.643. The van der Waals surface area contributed by atoms with Gasteiger partial charge < -0.3 is 14.8 Å². The number of hydrogen-bond acceptors (Lipinski definition) is 4. The Balaban J connectivity index is 1.93. The lowest BCUT2D eigenvalue weighted by Gasteiger charge is -2.01. The first-order valence-corrected chi connectivity index (χ1v) is 5.56. The van der Waals surface area contributed by atoms with E-state index in [9.17, 15) is 0 Å². The van der Waals surface area contributed by atoms with Gasteiger partial charge in [0.05, 0.1) is 12.7 Å². The summed E-state index contributed by atoms with van der Waals surface area (Å²) in [6.45, 7) is 3.88. The molecule has 0 amide bonds. The van der Waals surface area contributed by atoms with Crippen molar-refractivity contribution in [2.24, 2.45) is 0 Å². The van der Waals surface area contributed by atoms with Crippen molar-refractivity contribution in [3.05, 3.63) is 17.8 Å². The molecule has 4 heteroatoms. The van der Waals surface area contributed by atoms with Crippen molar-refractivity contribution < 1.29 is 9.52 Å². The first-order valence-electron chi connectivity index (χ1n) is 5.56. The van der Waals surface area contributed by atoms with Crippen molar-refractivity contribution in [1.29, 1.82) is 0 Å². The highest BCUT2D eigenvalue weighted by atomic mass is 16.4. The Bertz CT molecular complexity index is 261. The number of hydrogen-bond donors (Lipinski definition) is 2. The second-order valence-electron chi connectivity index (χ2n) is 3.68. The zero-order chi connectivity index (χ0) is 10.9. The maximum Gasteiger partial charge on any atom is 0.208 e. The summed E-state index contributed by atoms with van der Waals surface area (Å²) in [6, 6.07) is 0. The molecule has 0 aliphatic carbocycles. The van der Waals surface area contributed by atoms with Gasteiger partial charge in [0.25, 0.3) is 0 Å². The third kappa shape index (κ3) is 5.54. The molecule has 0 spiro atoms. The molecule has 4 nitrogen and oxygen atoms in total. The number of nitrogens with zero attached hydrogens (tertiary/aromatic N) is 1. The lowest BCUT2D eigenvalue weighted by Crippen LogP contribution is -2.14. The third-order valence-corrected chi connectivity index (χ3v) is 2.21. The van der Waals surface area contributed by atoms with Gasteiger partial charge in [-0.2, -0.15) is 0 Å². The van der Waals surface area contributed by atoms with E-state index in [0.717, 1.165) is 43.9 Å². The first kappa shape index (κ1) is 12.2. The van der Waals surface area contributed by atoms with Crippen molar-refractivity contribution in [2.75, 3.05) is 13.2 Å². The highest BCUT2D eigenvalue weighted by Crippen LogP contribution is 2.01. The molecule has 1 rings (SSSR count). The minimum absolute atomic E-state index is 0.309. The second kappa shape index (κ2) is 7.43. The number of oxazole rings is 1. The molecule has 1 aromatic heterocycles. The van der Waals surface area contributed by atoms with Gasteiger partial charge in [-0.05, 0) is 26.3 Å². The Morgan fingerprint density at radius 2 is 2.13 bits per heavy atom. The van der Waals surface area contributed by atoms with Crippen molar-refractivity contribution in [1.82, 2.24) is 10.3 Å². The molecule has 1 aromatic rings.